The summed E-state index contributed by atoms with van der Waals surface area (Å²) >= 11 is 0. The second kappa shape index (κ2) is 5.80. The van der Waals surface area contributed by atoms with Crippen LogP contribution >= 0.6 is 0 Å². The molecule has 0 spiro atoms. The highest BCUT2D eigenvalue weighted by Gasteiger charge is 2.30. The molecule has 0 aliphatic heterocycles. The molecule has 5 nitrogen and oxygen atoms in total. The minimum absolute atomic E-state index is 0.0395. The number of pyridine rings is 1. The van der Waals surface area contributed by atoms with Gasteiger partial charge in [0.1, 0.15) is 5.69 Å². The van der Waals surface area contributed by atoms with Crippen LogP contribution in [0.25, 0.3) is 0 Å². The molecule has 0 aliphatic carbocycles. The number of alkyl halides is 3. The van der Waals surface area contributed by atoms with Gasteiger partial charge in [0.05, 0.1) is 17.4 Å². The summed E-state index contributed by atoms with van der Waals surface area (Å²) < 4.78 is 37.7. The summed E-state index contributed by atoms with van der Waals surface area (Å²) in [6, 6.07) is 7.28. The number of carbonyl (C=O) groups excluding carboxylic acids is 1. The zero-order valence-corrected chi connectivity index (χ0v) is 10.6. The smallest absolute Gasteiger partial charge is 0.323 e. The Morgan fingerprint density at radius 1 is 1.14 bits per heavy atom. The highest BCUT2D eigenvalue weighted by molar-refractivity contribution is 6.02. The van der Waals surface area contributed by atoms with Crippen molar-refractivity contribution < 1.29 is 18.0 Å². The van der Waals surface area contributed by atoms with E-state index in [-0.39, 0.29) is 11.4 Å². The molecule has 0 saturated carbocycles. The minimum Gasteiger partial charge on any atom is -0.323 e. The SMILES string of the molecule is NNc1ccc(C(=O)Nc2cccc(C(F)(F)F)c2)nc1. The van der Waals surface area contributed by atoms with E-state index in [1.54, 1.807) is 0 Å². The van der Waals surface area contributed by atoms with Crippen LogP contribution in [-0.2, 0) is 6.18 Å². The lowest BCUT2D eigenvalue weighted by Gasteiger charge is -2.09. The second-order valence-corrected chi connectivity index (χ2v) is 4.11. The van der Waals surface area contributed by atoms with Gasteiger partial charge in [-0.05, 0) is 30.3 Å². The van der Waals surface area contributed by atoms with E-state index in [0.29, 0.717) is 5.69 Å². The summed E-state index contributed by atoms with van der Waals surface area (Å²) in [6.07, 6.45) is -3.13. The fraction of sp³-hybridized carbons (Fsp3) is 0.0769. The van der Waals surface area contributed by atoms with E-state index in [1.165, 1.54) is 30.5 Å². The maximum atomic E-state index is 12.6. The van der Waals surface area contributed by atoms with Gasteiger partial charge in [0, 0.05) is 5.69 Å². The number of nitrogens with two attached hydrogens (primary N) is 1. The van der Waals surface area contributed by atoms with Gasteiger partial charge in [-0.3, -0.25) is 10.6 Å². The molecule has 2 aromatic rings. The van der Waals surface area contributed by atoms with Gasteiger partial charge < -0.3 is 10.7 Å². The first-order chi connectivity index (χ1) is 9.90. The molecule has 1 heterocycles. The molecule has 0 bridgehead atoms. The minimum atomic E-state index is -4.46. The first-order valence-corrected chi connectivity index (χ1v) is 5.81. The van der Waals surface area contributed by atoms with Crippen molar-refractivity contribution in [1.29, 1.82) is 0 Å². The van der Waals surface area contributed by atoms with Gasteiger partial charge in [-0.15, -0.1) is 0 Å². The number of anilines is 2. The van der Waals surface area contributed by atoms with E-state index >= 15 is 0 Å². The maximum absolute atomic E-state index is 12.6. The Bertz CT molecular complexity index is 641. The Balaban J connectivity index is 2.15. The molecule has 0 saturated heterocycles. The number of hydrogen-bond acceptors (Lipinski definition) is 4. The quantitative estimate of drug-likeness (QED) is 0.601. The summed E-state index contributed by atoms with van der Waals surface area (Å²) in [4.78, 5) is 15.7. The fourth-order valence-electron chi connectivity index (χ4n) is 1.58. The van der Waals surface area contributed by atoms with Crippen LogP contribution in [-0.4, -0.2) is 10.9 Å². The zero-order chi connectivity index (χ0) is 15.5. The van der Waals surface area contributed by atoms with E-state index in [0.717, 1.165) is 12.1 Å². The Morgan fingerprint density at radius 2 is 1.90 bits per heavy atom. The monoisotopic (exact) mass is 296 g/mol. The van der Waals surface area contributed by atoms with Gasteiger partial charge in [0.25, 0.3) is 5.91 Å². The molecular weight excluding hydrogens is 285 g/mol. The van der Waals surface area contributed by atoms with Crippen molar-refractivity contribution in [3.05, 3.63) is 53.9 Å². The van der Waals surface area contributed by atoms with E-state index in [4.69, 9.17) is 5.84 Å². The summed E-state index contributed by atoms with van der Waals surface area (Å²) in [5.41, 5.74) is 2.12. The first kappa shape index (κ1) is 14.8. The van der Waals surface area contributed by atoms with E-state index in [1.807, 2.05) is 0 Å². The molecule has 0 radical (unpaired) electrons. The van der Waals surface area contributed by atoms with Crippen LogP contribution in [0.5, 0.6) is 0 Å². The number of hydrogen-bond donors (Lipinski definition) is 3. The molecule has 1 amide bonds. The Hall–Kier alpha value is -2.61. The van der Waals surface area contributed by atoms with Crippen LogP contribution in [0.1, 0.15) is 16.1 Å². The number of hydrazine groups is 1. The summed E-state index contributed by atoms with van der Waals surface area (Å²) in [5.74, 6) is 4.55. The predicted molar refractivity (Wildman–Crippen MR) is 71.4 cm³/mol. The molecule has 1 aromatic carbocycles. The van der Waals surface area contributed by atoms with Crippen molar-refractivity contribution in [2.45, 2.75) is 6.18 Å². The number of nitrogens with one attached hydrogen (secondary N) is 2. The molecular formula is C13H11F3N4O. The third-order valence-electron chi connectivity index (χ3n) is 2.61. The van der Waals surface area contributed by atoms with Gasteiger partial charge in [-0.25, -0.2) is 4.98 Å². The Labute approximate surface area is 118 Å². The number of benzene rings is 1. The molecule has 2 rings (SSSR count). The lowest BCUT2D eigenvalue weighted by atomic mass is 10.2. The summed E-state index contributed by atoms with van der Waals surface area (Å²) in [6.45, 7) is 0. The predicted octanol–water partition coefficient (Wildman–Crippen LogP) is 2.64. The van der Waals surface area contributed by atoms with Crippen LogP contribution in [0.15, 0.2) is 42.6 Å². The standard InChI is InChI=1S/C13H11F3N4O/c14-13(15,16)8-2-1-3-9(6-8)19-12(21)11-5-4-10(20-17)7-18-11/h1-7,20H,17H2,(H,19,21). The lowest BCUT2D eigenvalue weighted by Crippen LogP contribution is -2.15. The Morgan fingerprint density at radius 3 is 2.48 bits per heavy atom. The number of aromatic nitrogens is 1. The lowest BCUT2D eigenvalue weighted by molar-refractivity contribution is -0.137. The van der Waals surface area contributed by atoms with E-state index in [2.05, 4.69) is 15.7 Å². The fourth-order valence-corrected chi connectivity index (χ4v) is 1.58. The topological polar surface area (TPSA) is 80.0 Å². The van der Waals surface area contributed by atoms with Crippen LogP contribution in [0.3, 0.4) is 0 Å². The highest BCUT2D eigenvalue weighted by Crippen LogP contribution is 2.30. The van der Waals surface area contributed by atoms with Gasteiger partial charge >= 0.3 is 6.18 Å². The number of halogens is 3. The molecule has 0 atom stereocenters. The number of nitrogen functional groups attached to an aromatic ring is 1. The van der Waals surface area contributed by atoms with Crippen LogP contribution in [0, 0.1) is 0 Å². The van der Waals surface area contributed by atoms with Crippen molar-refractivity contribution in [3.8, 4) is 0 Å². The third-order valence-corrected chi connectivity index (χ3v) is 2.61. The zero-order valence-electron chi connectivity index (χ0n) is 10.6. The van der Waals surface area contributed by atoms with Gasteiger partial charge in [0.2, 0.25) is 0 Å². The Kier molecular flexibility index (Phi) is 4.08. The molecule has 1 aromatic heterocycles. The van der Waals surface area contributed by atoms with Crippen molar-refractivity contribution in [2.75, 3.05) is 10.7 Å². The van der Waals surface area contributed by atoms with Crippen LogP contribution in [0.2, 0.25) is 0 Å². The molecule has 21 heavy (non-hydrogen) atoms. The van der Waals surface area contributed by atoms with Crippen molar-refractivity contribution in [1.82, 2.24) is 4.98 Å². The van der Waals surface area contributed by atoms with Gasteiger partial charge in [0.15, 0.2) is 0 Å². The molecule has 0 aliphatic rings. The molecule has 0 unspecified atom stereocenters. The van der Waals surface area contributed by atoms with E-state index < -0.39 is 17.6 Å². The average molecular weight is 296 g/mol. The van der Waals surface area contributed by atoms with Crippen molar-refractivity contribution in [3.63, 3.8) is 0 Å². The normalized spacial score (nSPS) is 11.0. The second-order valence-electron chi connectivity index (χ2n) is 4.11. The van der Waals surface area contributed by atoms with E-state index in [9.17, 15) is 18.0 Å². The molecule has 110 valence electrons. The molecule has 8 heteroatoms. The molecule has 0 fully saturated rings. The van der Waals surface area contributed by atoms with Crippen LogP contribution < -0.4 is 16.6 Å². The largest absolute Gasteiger partial charge is 0.416 e. The molecule has 4 N–H and O–H groups in total. The summed E-state index contributed by atoms with van der Waals surface area (Å²) in [5, 5.41) is 2.36. The number of carbonyl (C=O) groups is 1. The van der Waals surface area contributed by atoms with Gasteiger partial charge in [-0.1, -0.05) is 6.07 Å². The average Bonchev–Trinajstić information content (AvgIpc) is 2.47. The van der Waals surface area contributed by atoms with Gasteiger partial charge in [-0.2, -0.15) is 13.2 Å². The number of rotatable bonds is 3. The first-order valence-electron chi connectivity index (χ1n) is 5.81. The van der Waals surface area contributed by atoms with Crippen LogP contribution in [0.4, 0.5) is 24.5 Å². The number of nitrogens with zero attached hydrogens (tertiary/aromatic N) is 1. The van der Waals surface area contributed by atoms with Crippen molar-refractivity contribution >= 4 is 17.3 Å². The third kappa shape index (κ3) is 3.69. The summed E-state index contributed by atoms with van der Waals surface area (Å²) in [7, 11) is 0. The highest BCUT2D eigenvalue weighted by atomic mass is 19.4. The maximum Gasteiger partial charge on any atom is 0.416 e. The van der Waals surface area contributed by atoms with Crippen molar-refractivity contribution in [2.24, 2.45) is 5.84 Å². The number of amides is 1.